The molecule has 1 aliphatic heterocycles. The van der Waals surface area contributed by atoms with Crippen molar-refractivity contribution in [3.63, 3.8) is 0 Å². The molecule has 0 saturated carbocycles. The average Bonchev–Trinajstić information content (AvgIpc) is 2.41. The fraction of sp³-hybridized carbons (Fsp3) is 0.429. The Morgan fingerprint density at radius 1 is 1.35 bits per heavy atom. The maximum absolute atomic E-state index is 3.36. The van der Waals surface area contributed by atoms with E-state index in [0.29, 0.717) is 0 Å². The minimum atomic E-state index is 0.734. The SMILES string of the molecule is CNCC#Cc1cccc(N2CCNCC2)c1. The molecule has 1 fully saturated rings. The number of benzene rings is 1. The molecule has 1 aliphatic rings. The fourth-order valence-electron chi connectivity index (χ4n) is 1.94. The first kappa shape index (κ1) is 12.0. The molecule has 1 aromatic rings. The quantitative estimate of drug-likeness (QED) is 0.730. The van der Waals surface area contributed by atoms with Crippen LogP contribution in [-0.2, 0) is 0 Å². The first-order valence-corrected chi connectivity index (χ1v) is 6.09. The summed E-state index contributed by atoms with van der Waals surface area (Å²) < 4.78 is 0. The minimum absolute atomic E-state index is 0.734. The highest BCUT2D eigenvalue weighted by molar-refractivity contribution is 5.52. The third-order valence-corrected chi connectivity index (χ3v) is 2.83. The molecule has 0 aliphatic carbocycles. The van der Waals surface area contributed by atoms with Crippen LogP contribution in [0.4, 0.5) is 5.69 Å². The van der Waals surface area contributed by atoms with Crippen LogP contribution in [0.3, 0.4) is 0 Å². The predicted octanol–water partition coefficient (Wildman–Crippen LogP) is 0.667. The van der Waals surface area contributed by atoms with Crippen molar-refractivity contribution in [2.75, 3.05) is 44.7 Å². The molecule has 17 heavy (non-hydrogen) atoms. The van der Waals surface area contributed by atoms with Gasteiger partial charge in [-0.05, 0) is 25.2 Å². The minimum Gasteiger partial charge on any atom is -0.369 e. The van der Waals surface area contributed by atoms with E-state index in [-0.39, 0.29) is 0 Å². The highest BCUT2D eigenvalue weighted by atomic mass is 15.2. The monoisotopic (exact) mass is 229 g/mol. The van der Waals surface area contributed by atoms with Crippen LogP contribution in [0.25, 0.3) is 0 Å². The Morgan fingerprint density at radius 2 is 2.18 bits per heavy atom. The van der Waals surface area contributed by atoms with Crippen molar-refractivity contribution in [1.82, 2.24) is 10.6 Å². The molecule has 3 nitrogen and oxygen atoms in total. The molecule has 0 spiro atoms. The Labute approximate surface area is 103 Å². The lowest BCUT2D eigenvalue weighted by molar-refractivity contribution is 0.589. The first-order chi connectivity index (χ1) is 8.40. The lowest BCUT2D eigenvalue weighted by atomic mass is 10.2. The van der Waals surface area contributed by atoms with Gasteiger partial charge in [0.25, 0.3) is 0 Å². The van der Waals surface area contributed by atoms with Gasteiger partial charge in [0.05, 0.1) is 6.54 Å². The van der Waals surface area contributed by atoms with E-state index in [1.807, 2.05) is 7.05 Å². The Morgan fingerprint density at radius 3 is 2.94 bits per heavy atom. The Kier molecular flexibility index (Phi) is 4.43. The Balaban J connectivity index is 2.08. The zero-order valence-corrected chi connectivity index (χ0v) is 10.3. The molecule has 2 N–H and O–H groups in total. The van der Waals surface area contributed by atoms with Crippen molar-refractivity contribution in [2.45, 2.75) is 0 Å². The summed E-state index contributed by atoms with van der Waals surface area (Å²) in [4.78, 5) is 2.40. The van der Waals surface area contributed by atoms with E-state index in [0.717, 1.165) is 38.3 Å². The molecule has 0 unspecified atom stereocenters. The van der Waals surface area contributed by atoms with Gasteiger partial charge in [0, 0.05) is 37.4 Å². The molecule has 0 aromatic heterocycles. The van der Waals surface area contributed by atoms with E-state index in [2.05, 4.69) is 51.6 Å². The van der Waals surface area contributed by atoms with Gasteiger partial charge in [-0.3, -0.25) is 0 Å². The summed E-state index contributed by atoms with van der Waals surface area (Å²) in [5.74, 6) is 6.26. The second-order valence-corrected chi connectivity index (χ2v) is 4.12. The number of hydrogen-bond donors (Lipinski definition) is 2. The van der Waals surface area contributed by atoms with Crippen molar-refractivity contribution in [1.29, 1.82) is 0 Å². The zero-order valence-electron chi connectivity index (χ0n) is 10.3. The topological polar surface area (TPSA) is 27.3 Å². The fourth-order valence-corrected chi connectivity index (χ4v) is 1.94. The molecule has 0 amide bonds. The summed E-state index contributed by atoms with van der Waals surface area (Å²) in [7, 11) is 1.91. The van der Waals surface area contributed by atoms with E-state index in [9.17, 15) is 0 Å². The standard InChI is InChI=1S/C14H19N3/c1-15-7-3-5-13-4-2-6-14(12-13)17-10-8-16-9-11-17/h2,4,6,12,15-16H,7-11H2,1H3. The second-order valence-electron chi connectivity index (χ2n) is 4.12. The highest BCUT2D eigenvalue weighted by Crippen LogP contribution is 2.16. The van der Waals surface area contributed by atoms with E-state index in [1.165, 1.54) is 5.69 Å². The molecule has 2 rings (SSSR count). The van der Waals surface area contributed by atoms with Crippen LogP contribution in [0.15, 0.2) is 24.3 Å². The lowest BCUT2D eigenvalue weighted by Gasteiger charge is -2.29. The number of nitrogens with zero attached hydrogens (tertiary/aromatic N) is 1. The normalized spacial score (nSPS) is 15.2. The smallest absolute Gasteiger partial charge is 0.0577 e. The van der Waals surface area contributed by atoms with Crippen molar-refractivity contribution >= 4 is 5.69 Å². The Bertz CT molecular complexity index is 411. The molecular weight excluding hydrogens is 210 g/mol. The maximum Gasteiger partial charge on any atom is 0.0577 e. The van der Waals surface area contributed by atoms with Crippen molar-refractivity contribution in [3.05, 3.63) is 29.8 Å². The van der Waals surface area contributed by atoms with E-state index in [1.54, 1.807) is 0 Å². The van der Waals surface area contributed by atoms with E-state index in [4.69, 9.17) is 0 Å². The number of piperazine rings is 1. The molecule has 0 bridgehead atoms. The summed E-state index contributed by atoms with van der Waals surface area (Å²) >= 11 is 0. The number of anilines is 1. The van der Waals surface area contributed by atoms with Gasteiger partial charge < -0.3 is 15.5 Å². The zero-order chi connectivity index (χ0) is 11.9. The van der Waals surface area contributed by atoms with E-state index >= 15 is 0 Å². The third kappa shape index (κ3) is 3.48. The molecule has 1 aromatic carbocycles. The van der Waals surface area contributed by atoms with Crippen molar-refractivity contribution in [2.24, 2.45) is 0 Å². The van der Waals surface area contributed by atoms with Crippen LogP contribution in [-0.4, -0.2) is 39.8 Å². The van der Waals surface area contributed by atoms with Gasteiger partial charge in [-0.1, -0.05) is 17.9 Å². The predicted molar refractivity (Wildman–Crippen MR) is 72.3 cm³/mol. The molecule has 1 heterocycles. The summed E-state index contributed by atoms with van der Waals surface area (Å²) in [6, 6.07) is 8.48. The number of hydrogen-bond acceptors (Lipinski definition) is 3. The Hall–Kier alpha value is -1.50. The number of nitrogens with one attached hydrogen (secondary N) is 2. The average molecular weight is 229 g/mol. The molecule has 90 valence electrons. The van der Waals surface area contributed by atoms with Gasteiger partial charge in [0.1, 0.15) is 0 Å². The van der Waals surface area contributed by atoms with Crippen molar-refractivity contribution < 1.29 is 0 Å². The number of rotatable bonds is 2. The summed E-state index contributed by atoms with van der Waals surface area (Å²) in [5.41, 5.74) is 2.37. The largest absolute Gasteiger partial charge is 0.369 e. The van der Waals surface area contributed by atoms with Crippen LogP contribution in [0.2, 0.25) is 0 Å². The molecule has 0 radical (unpaired) electrons. The molecule has 3 heteroatoms. The third-order valence-electron chi connectivity index (χ3n) is 2.83. The first-order valence-electron chi connectivity index (χ1n) is 6.09. The maximum atomic E-state index is 3.36. The van der Waals surface area contributed by atoms with Crippen LogP contribution < -0.4 is 15.5 Å². The van der Waals surface area contributed by atoms with Gasteiger partial charge >= 0.3 is 0 Å². The van der Waals surface area contributed by atoms with E-state index < -0.39 is 0 Å². The van der Waals surface area contributed by atoms with Gasteiger partial charge in [0.2, 0.25) is 0 Å². The second kappa shape index (κ2) is 6.29. The highest BCUT2D eigenvalue weighted by Gasteiger charge is 2.09. The van der Waals surface area contributed by atoms with Gasteiger partial charge in [-0.25, -0.2) is 0 Å². The molecule has 1 saturated heterocycles. The lowest BCUT2D eigenvalue weighted by Crippen LogP contribution is -2.43. The molecule has 0 atom stereocenters. The van der Waals surface area contributed by atoms with Crippen molar-refractivity contribution in [3.8, 4) is 11.8 Å². The summed E-state index contributed by atoms with van der Waals surface area (Å²) in [6.07, 6.45) is 0. The van der Waals surface area contributed by atoms with Gasteiger partial charge in [0.15, 0.2) is 0 Å². The van der Waals surface area contributed by atoms with Gasteiger partial charge in [-0.2, -0.15) is 0 Å². The summed E-state index contributed by atoms with van der Waals surface area (Å²) in [5, 5.41) is 6.39. The van der Waals surface area contributed by atoms with Gasteiger partial charge in [-0.15, -0.1) is 0 Å². The van der Waals surface area contributed by atoms with Crippen LogP contribution >= 0.6 is 0 Å². The molecular formula is C14H19N3. The van der Waals surface area contributed by atoms with Crippen LogP contribution in [0.1, 0.15) is 5.56 Å². The van der Waals surface area contributed by atoms with Crippen LogP contribution in [0.5, 0.6) is 0 Å². The summed E-state index contributed by atoms with van der Waals surface area (Å²) in [6.45, 7) is 5.02. The van der Waals surface area contributed by atoms with Crippen LogP contribution in [0, 0.1) is 11.8 Å².